The number of guanidine groups is 1. The van der Waals surface area contributed by atoms with E-state index in [2.05, 4.69) is 27.8 Å². The number of amides is 1. The van der Waals surface area contributed by atoms with Gasteiger partial charge in [-0.2, -0.15) is 0 Å². The van der Waals surface area contributed by atoms with Gasteiger partial charge in [0.05, 0.1) is 6.10 Å². The predicted octanol–water partition coefficient (Wildman–Crippen LogP) is 2.29. The summed E-state index contributed by atoms with van der Waals surface area (Å²) in [6, 6.07) is 8.13. The monoisotopic (exact) mass is 346 g/mol. The molecule has 2 N–H and O–H groups in total. The third-order valence-electron chi connectivity index (χ3n) is 4.07. The molecule has 0 bridgehead atoms. The zero-order chi connectivity index (χ0) is 18.1. The lowest BCUT2D eigenvalue weighted by Crippen LogP contribution is -2.37. The molecule has 0 atom stereocenters. The van der Waals surface area contributed by atoms with Crippen LogP contribution in [0, 0.1) is 0 Å². The Morgan fingerprint density at radius 1 is 1.28 bits per heavy atom. The van der Waals surface area contributed by atoms with E-state index >= 15 is 0 Å². The molecule has 1 aliphatic heterocycles. The van der Waals surface area contributed by atoms with Gasteiger partial charge in [-0.05, 0) is 44.4 Å². The van der Waals surface area contributed by atoms with Crippen LogP contribution in [-0.4, -0.2) is 44.7 Å². The van der Waals surface area contributed by atoms with Crippen molar-refractivity contribution in [3.8, 4) is 0 Å². The molecule has 0 aliphatic carbocycles. The fraction of sp³-hybridized carbons (Fsp3) is 0.579. The molecular weight excluding hydrogens is 316 g/mol. The van der Waals surface area contributed by atoms with Crippen molar-refractivity contribution in [2.45, 2.75) is 45.8 Å². The van der Waals surface area contributed by atoms with Gasteiger partial charge in [0.2, 0.25) is 5.91 Å². The van der Waals surface area contributed by atoms with Crippen LogP contribution in [0.5, 0.6) is 0 Å². The lowest BCUT2D eigenvalue weighted by Gasteiger charge is -2.16. The molecule has 1 aromatic carbocycles. The minimum absolute atomic E-state index is 0.219. The Labute approximate surface area is 150 Å². The Balaban J connectivity index is 1.73. The molecule has 138 valence electrons. The average Bonchev–Trinajstić information content (AvgIpc) is 3.03. The SMILES string of the molecule is CN=C(NCCCOC(C)C)NCc1ccc(N2CCCC2=O)cc1. The maximum Gasteiger partial charge on any atom is 0.227 e. The van der Waals surface area contributed by atoms with Gasteiger partial charge in [0.15, 0.2) is 5.96 Å². The van der Waals surface area contributed by atoms with Gasteiger partial charge in [-0.3, -0.25) is 9.79 Å². The van der Waals surface area contributed by atoms with Crippen LogP contribution in [-0.2, 0) is 16.1 Å². The van der Waals surface area contributed by atoms with E-state index in [0.29, 0.717) is 13.0 Å². The summed E-state index contributed by atoms with van der Waals surface area (Å²) in [5.74, 6) is 1.00. The van der Waals surface area contributed by atoms with E-state index in [1.165, 1.54) is 0 Å². The fourth-order valence-corrected chi connectivity index (χ4v) is 2.72. The number of nitrogens with one attached hydrogen (secondary N) is 2. The van der Waals surface area contributed by atoms with Gasteiger partial charge >= 0.3 is 0 Å². The molecule has 0 radical (unpaired) electrons. The van der Waals surface area contributed by atoms with Gasteiger partial charge in [-0.25, -0.2) is 0 Å². The van der Waals surface area contributed by atoms with Crippen molar-refractivity contribution in [1.29, 1.82) is 0 Å². The third kappa shape index (κ3) is 6.38. The van der Waals surface area contributed by atoms with Crippen LogP contribution in [0.1, 0.15) is 38.7 Å². The number of carbonyl (C=O) groups excluding carboxylic acids is 1. The van der Waals surface area contributed by atoms with E-state index in [4.69, 9.17) is 4.74 Å². The van der Waals surface area contributed by atoms with E-state index in [0.717, 1.165) is 49.7 Å². The molecule has 6 heteroatoms. The Bertz CT molecular complexity index is 569. The van der Waals surface area contributed by atoms with Crippen molar-refractivity contribution in [2.75, 3.05) is 31.6 Å². The van der Waals surface area contributed by atoms with Crippen LogP contribution in [0.3, 0.4) is 0 Å². The summed E-state index contributed by atoms with van der Waals surface area (Å²) in [7, 11) is 1.77. The molecule has 0 unspecified atom stereocenters. The van der Waals surface area contributed by atoms with Crippen molar-refractivity contribution < 1.29 is 9.53 Å². The summed E-state index contributed by atoms with van der Waals surface area (Å²) in [4.78, 5) is 17.9. The molecule has 1 fully saturated rings. The minimum Gasteiger partial charge on any atom is -0.379 e. The highest BCUT2D eigenvalue weighted by Crippen LogP contribution is 2.21. The Morgan fingerprint density at radius 3 is 2.64 bits per heavy atom. The van der Waals surface area contributed by atoms with Crippen LogP contribution < -0.4 is 15.5 Å². The first-order valence-electron chi connectivity index (χ1n) is 9.05. The molecule has 1 aliphatic rings. The number of rotatable bonds is 8. The lowest BCUT2D eigenvalue weighted by molar-refractivity contribution is -0.117. The van der Waals surface area contributed by atoms with Crippen LogP contribution in [0.2, 0.25) is 0 Å². The number of carbonyl (C=O) groups is 1. The number of hydrogen-bond acceptors (Lipinski definition) is 3. The predicted molar refractivity (Wildman–Crippen MR) is 102 cm³/mol. The topological polar surface area (TPSA) is 66.0 Å². The standard InChI is InChI=1S/C19H30N4O2/c1-15(2)25-13-5-11-21-19(20-3)22-14-16-7-9-17(10-8-16)23-12-4-6-18(23)24/h7-10,15H,4-6,11-14H2,1-3H3,(H2,20,21,22). The summed E-state index contributed by atoms with van der Waals surface area (Å²) < 4.78 is 5.52. The Hall–Kier alpha value is -2.08. The molecule has 0 saturated carbocycles. The van der Waals surface area contributed by atoms with Crippen molar-refractivity contribution in [3.63, 3.8) is 0 Å². The van der Waals surface area contributed by atoms with Crippen molar-refractivity contribution in [1.82, 2.24) is 10.6 Å². The molecular formula is C19H30N4O2. The van der Waals surface area contributed by atoms with Crippen LogP contribution in [0.15, 0.2) is 29.3 Å². The van der Waals surface area contributed by atoms with Crippen molar-refractivity contribution in [3.05, 3.63) is 29.8 Å². The minimum atomic E-state index is 0.219. The number of anilines is 1. The highest BCUT2D eigenvalue weighted by atomic mass is 16.5. The van der Waals surface area contributed by atoms with E-state index < -0.39 is 0 Å². The summed E-state index contributed by atoms with van der Waals surface area (Å²) in [6.07, 6.45) is 2.83. The largest absolute Gasteiger partial charge is 0.379 e. The maximum atomic E-state index is 11.8. The second kappa shape index (κ2) is 10.0. The maximum absolute atomic E-state index is 11.8. The van der Waals surface area contributed by atoms with E-state index in [1.54, 1.807) is 7.05 Å². The molecule has 1 aromatic rings. The highest BCUT2D eigenvalue weighted by molar-refractivity contribution is 5.95. The Kier molecular flexibility index (Phi) is 7.73. The molecule has 1 heterocycles. The van der Waals surface area contributed by atoms with Gasteiger partial charge in [0, 0.05) is 45.4 Å². The summed E-state index contributed by atoms with van der Waals surface area (Å²) in [5.41, 5.74) is 2.14. The van der Waals surface area contributed by atoms with Gasteiger partial charge in [-0.15, -0.1) is 0 Å². The van der Waals surface area contributed by atoms with Crippen LogP contribution in [0.25, 0.3) is 0 Å². The van der Waals surface area contributed by atoms with Crippen molar-refractivity contribution >= 4 is 17.6 Å². The third-order valence-corrected chi connectivity index (χ3v) is 4.07. The van der Waals surface area contributed by atoms with E-state index in [1.807, 2.05) is 30.9 Å². The molecule has 0 spiro atoms. The molecule has 25 heavy (non-hydrogen) atoms. The summed E-state index contributed by atoms with van der Waals surface area (Å²) >= 11 is 0. The number of nitrogens with zero attached hydrogens (tertiary/aromatic N) is 2. The molecule has 6 nitrogen and oxygen atoms in total. The van der Waals surface area contributed by atoms with Gasteiger partial charge < -0.3 is 20.3 Å². The molecule has 1 amide bonds. The highest BCUT2D eigenvalue weighted by Gasteiger charge is 2.21. The first-order valence-corrected chi connectivity index (χ1v) is 9.05. The smallest absolute Gasteiger partial charge is 0.227 e. The van der Waals surface area contributed by atoms with Gasteiger partial charge in [0.1, 0.15) is 0 Å². The summed E-state index contributed by atoms with van der Waals surface area (Å²) in [5, 5.41) is 6.58. The zero-order valence-electron chi connectivity index (χ0n) is 15.5. The van der Waals surface area contributed by atoms with E-state index in [9.17, 15) is 4.79 Å². The molecule has 2 rings (SSSR count). The second-order valence-corrected chi connectivity index (χ2v) is 6.44. The molecule has 0 aromatic heterocycles. The van der Waals surface area contributed by atoms with Crippen LogP contribution >= 0.6 is 0 Å². The normalized spacial score (nSPS) is 15.1. The average molecular weight is 346 g/mol. The van der Waals surface area contributed by atoms with Crippen LogP contribution in [0.4, 0.5) is 5.69 Å². The van der Waals surface area contributed by atoms with Crippen molar-refractivity contribution in [2.24, 2.45) is 4.99 Å². The zero-order valence-corrected chi connectivity index (χ0v) is 15.5. The van der Waals surface area contributed by atoms with E-state index in [-0.39, 0.29) is 12.0 Å². The van der Waals surface area contributed by atoms with Gasteiger partial charge in [-0.1, -0.05) is 12.1 Å². The van der Waals surface area contributed by atoms with Gasteiger partial charge in [0.25, 0.3) is 0 Å². The number of aliphatic imine (C=N–C) groups is 1. The molecule has 1 saturated heterocycles. The first-order chi connectivity index (χ1) is 12.1. The summed E-state index contributed by atoms with van der Waals surface area (Å²) in [6.45, 7) is 7.17. The Morgan fingerprint density at radius 2 is 2.04 bits per heavy atom. The number of hydrogen-bond donors (Lipinski definition) is 2. The second-order valence-electron chi connectivity index (χ2n) is 6.44. The quantitative estimate of drug-likeness (QED) is 0.431. The first kappa shape index (κ1) is 19.2. The fourth-order valence-electron chi connectivity index (χ4n) is 2.72. The lowest BCUT2D eigenvalue weighted by atomic mass is 10.2. The number of benzene rings is 1. The number of ether oxygens (including phenoxy) is 1.